The van der Waals surface area contributed by atoms with Crippen molar-refractivity contribution in [3.05, 3.63) is 24.3 Å². The van der Waals surface area contributed by atoms with Crippen molar-refractivity contribution in [3.8, 4) is 0 Å². The quantitative estimate of drug-likeness (QED) is 0.0215. The summed E-state index contributed by atoms with van der Waals surface area (Å²) in [4.78, 5) is 13.2. The van der Waals surface area contributed by atoms with E-state index in [9.17, 15) is 40.5 Å². The highest BCUT2D eigenvalue weighted by atomic mass is 16.7. The van der Waals surface area contributed by atoms with Gasteiger partial charge in [0.05, 0.1) is 25.4 Å². The summed E-state index contributed by atoms with van der Waals surface area (Å²) in [6.07, 6.45) is 56.8. The summed E-state index contributed by atoms with van der Waals surface area (Å²) in [6.45, 7) is 3.49. The minimum absolute atomic E-state index is 0.249. The molecule has 456 valence electrons. The first-order valence-corrected chi connectivity index (χ1v) is 33.2. The van der Waals surface area contributed by atoms with Crippen molar-refractivity contribution < 1.29 is 50.0 Å². The van der Waals surface area contributed by atoms with Crippen molar-refractivity contribution in [2.75, 3.05) is 13.2 Å². The summed E-state index contributed by atoms with van der Waals surface area (Å²) < 4.78 is 11.2. The van der Waals surface area contributed by atoms with Crippen LogP contribution in [0.1, 0.15) is 322 Å². The van der Waals surface area contributed by atoms with Crippen LogP contribution in [0.25, 0.3) is 0 Å². The predicted octanol–water partition coefficient (Wildman–Crippen LogP) is 15.2. The summed E-state index contributed by atoms with van der Waals surface area (Å²) in [6, 6.07) is -1.19. The molecule has 8 N–H and O–H groups in total. The van der Waals surface area contributed by atoms with Gasteiger partial charge in [-0.25, -0.2) is 0 Å². The van der Waals surface area contributed by atoms with Gasteiger partial charge in [0, 0.05) is 0 Å². The molecule has 11 nitrogen and oxygen atoms in total. The number of hydrogen-bond donors (Lipinski definition) is 8. The Hall–Kier alpha value is -1.41. The Labute approximate surface area is 474 Å². The molecule has 9 atom stereocenters. The lowest BCUT2D eigenvalue weighted by atomic mass is 9.98. The van der Waals surface area contributed by atoms with E-state index < -0.39 is 74.2 Å². The average molecular weight is 1090 g/mol. The molecule has 0 bridgehead atoms. The minimum atomic E-state index is -1.67. The smallest absolute Gasteiger partial charge is 0.249 e. The number of nitrogens with one attached hydrogen (secondary N) is 1. The Kier molecular flexibility index (Phi) is 52.7. The first-order chi connectivity index (χ1) is 37.7. The molecule has 77 heavy (non-hydrogen) atoms. The molecule has 0 aromatic carbocycles. The minimum Gasteiger partial charge on any atom is -0.394 e. The molecule has 1 heterocycles. The van der Waals surface area contributed by atoms with E-state index in [1.54, 1.807) is 0 Å². The van der Waals surface area contributed by atoms with Gasteiger partial charge >= 0.3 is 0 Å². The Balaban J connectivity index is 2.25. The highest BCUT2D eigenvalue weighted by Crippen LogP contribution is 2.24. The number of amides is 1. The lowest BCUT2D eigenvalue weighted by Gasteiger charge is -2.40. The van der Waals surface area contributed by atoms with Gasteiger partial charge in [-0.1, -0.05) is 295 Å². The molecule has 0 aromatic rings. The van der Waals surface area contributed by atoms with Crippen molar-refractivity contribution in [2.45, 2.75) is 377 Å². The molecule has 0 saturated carbocycles. The molecular formula is C66H127NO10. The maximum Gasteiger partial charge on any atom is 0.249 e. The van der Waals surface area contributed by atoms with E-state index in [0.29, 0.717) is 19.3 Å². The van der Waals surface area contributed by atoms with Crippen molar-refractivity contribution in [1.82, 2.24) is 5.32 Å². The van der Waals surface area contributed by atoms with Crippen LogP contribution >= 0.6 is 0 Å². The second-order valence-corrected chi connectivity index (χ2v) is 23.5. The molecule has 1 aliphatic heterocycles. The van der Waals surface area contributed by atoms with Crippen LogP contribution in [0.3, 0.4) is 0 Å². The number of aliphatic hydroxyl groups is 7. The molecule has 1 fully saturated rings. The van der Waals surface area contributed by atoms with Gasteiger partial charge in [-0.15, -0.1) is 0 Å². The highest BCUT2D eigenvalue weighted by Gasteiger charge is 2.44. The van der Waals surface area contributed by atoms with E-state index >= 15 is 0 Å². The Morgan fingerprint density at radius 1 is 0.442 bits per heavy atom. The maximum absolute atomic E-state index is 13.2. The third-order valence-electron chi connectivity index (χ3n) is 16.2. The molecule has 0 aromatic heterocycles. The Morgan fingerprint density at radius 3 is 1.16 bits per heavy atom. The lowest BCUT2D eigenvalue weighted by molar-refractivity contribution is -0.303. The zero-order valence-electron chi connectivity index (χ0n) is 50.2. The van der Waals surface area contributed by atoms with Crippen LogP contribution in [-0.2, 0) is 14.3 Å². The fraction of sp³-hybridized carbons (Fsp3) is 0.924. The molecule has 1 aliphatic rings. The van der Waals surface area contributed by atoms with E-state index in [-0.39, 0.29) is 12.8 Å². The maximum atomic E-state index is 13.2. The molecular weight excluding hydrogens is 967 g/mol. The largest absolute Gasteiger partial charge is 0.394 e. The van der Waals surface area contributed by atoms with Crippen molar-refractivity contribution in [3.63, 3.8) is 0 Å². The van der Waals surface area contributed by atoms with Crippen LogP contribution in [0.4, 0.5) is 0 Å². The van der Waals surface area contributed by atoms with Crippen molar-refractivity contribution >= 4 is 5.91 Å². The molecule has 0 spiro atoms. The number of unbranched alkanes of at least 4 members (excludes halogenated alkanes) is 42. The summed E-state index contributed by atoms with van der Waals surface area (Å²) in [5, 5.41) is 76.4. The number of hydrogen-bond acceptors (Lipinski definition) is 10. The van der Waals surface area contributed by atoms with E-state index in [2.05, 4.69) is 43.5 Å². The number of aliphatic hydroxyl groups excluding tert-OH is 7. The second kappa shape index (κ2) is 55.1. The lowest BCUT2D eigenvalue weighted by Crippen LogP contribution is -2.60. The summed E-state index contributed by atoms with van der Waals surface area (Å²) >= 11 is 0. The average Bonchev–Trinajstić information content (AvgIpc) is 3.43. The second-order valence-electron chi connectivity index (χ2n) is 23.5. The number of allylic oxidation sites excluding steroid dienone is 4. The van der Waals surface area contributed by atoms with Gasteiger partial charge < -0.3 is 50.5 Å². The predicted molar refractivity (Wildman–Crippen MR) is 321 cm³/mol. The van der Waals surface area contributed by atoms with Gasteiger partial charge in [-0.05, 0) is 51.4 Å². The Morgan fingerprint density at radius 2 is 0.779 bits per heavy atom. The molecule has 0 radical (unpaired) electrons. The summed E-state index contributed by atoms with van der Waals surface area (Å²) in [5.41, 5.74) is 0. The molecule has 1 amide bonds. The first-order valence-electron chi connectivity index (χ1n) is 33.2. The number of carbonyl (C=O) groups excluding carboxylic acids is 1. The van der Waals surface area contributed by atoms with E-state index in [1.807, 2.05) is 0 Å². The normalized spacial score (nSPS) is 19.6. The number of carbonyl (C=O) groups is 1. The van der Waals surface area contributed by atoms with Gasteiger partial charge in [0.1, 0.15) is 36.6 Å². The van der Waals surface area contributed by atoms with E-state index in [0.717, 1.165) is 38.5 Å². The fourth-order valence-corrected chi connectivity index (χ4v) is 10.9. The highest BCUT2D eigenvalue weighted by molar-refractivity contribution is 5.80. The van der Waals surface area contributed by atoms with Crippen LogP contribution in [0.5, 0.6) is 0 Å². The summed E-state index contributed by atoms with van der Waals surface area (Å²) in [5.74, 6) is -0.704. The monoisotopic (exact) mass is 1090 g/mol. The van der Waals surface area contributed by atoms with Gasteiger partial charge in [0.15, 0.2) is 6.29 Å². The molecule has 1 rings (SSSR count). The molecule has 11 heteroatoms. The van der Waals surface area contributed by atoms with E-state index in [4.69, 9.17) is 9.47 Å². The van der Waals surface area contributed by atoms with Crippen LogP contribution in [0, 0.1) is 0 Å². The van der Waals surface area contributed by atoms with Crippen LogP contribution in [-0.4, -0.2) is 110 Å². The SMILES string of the molecule is CCCCCCCCCCCCCCCC/C=C/CC/C=C/CCCC(O)C(O)C(COC1OC(CO)C(O)C(O)C1O)NC(=O)C(O)CCCCCCCCCCCCCCCCCCCCCCCCCCCCC. The van der Waals surface area contributed by atoms with Crippen molar-refractivity contribution in [1.29, 1.82) is 0 Å². The van der Waals surface area contributed by atoms with Crippen LogP contribution in [0.2, 0.25) is 0 Å². The van der Waals surface area contributed by atoms with Gasteiger partial charge in [0.2, 0.25) is 5.91 Å². The summed E-state index contributed by atoms with van der Waals surface area (Å²) in [7, 11) is 0. The standard InChI is InChI=1S/C66H127NO10/c1-3-5-7-9-11-13-15-17-19-21-23-25-27-28-29-30-32-34-36-38-40-42-44-46-48-50-52-54-59(70)65(75)67-57(56-76-66-64(74)63(73)62(72)60(55-68)77-66)61(71)58(69)53-51-49-47-45-43-41-39-37-35-33-31-26-24-22-20-18-16-14-12-10-8-6-4-2/h37,39,45,47,57-64,66,68-74H,3-36,38,40-44,46,48-56H2,1-2H3,(H,67,75)/b39-37+,47-45+. The van der Waals surface area contributed by atoms with Crippen LogP contribution in [0.15, 0.2) is 24.3 Å². The zero-order valence-corrected chi connectivity index (χ0v) is 50.2. The number of ether oxygens (including phenoxy) is 2. The third-order valence-corrected chi connectivity index (χ3v) is 16.2. The fourth-order valence-electron chi connectivity index (χ4n) is 10.9. The topological polar surface area (TPSA) is 189 Å². The first kappa shape index (κ1) is 73.6. The van der Waals surface area contributed by atoms with Gasteiger partial charge in [-0.2, -0.15) is 0 Å². The molecule has 0 aliphatic carbocycles. The van der Waals surface area contributed by atoms with E-state index in [1.165, 1.54) is 238 Å². The zero-order chi connectivity index (χ0) is 56.1. The molecule has 1 saturated heterocycles. The van der Waals surface area contributed by atoms with Crippen LogP contribution < -0.4 is 5.32 Å². The number of rotatable bonds is 58. The van der Waals surface area contributed by atoms with Gasteiger partial charge in [0.25, 0.3) is 0 Å². The Bertz CT molecular complexity index is 1300. The van der Waals surface area contributed by atoms with Crippen molar-refractivity contribution in [2.24, 2.45) is 0 Å². The molecule has 9 unspecified atom stereocenters. The third kappa shape index (κ3) is 43.0. The van der Waals surface area contributed by atoms with Gasteiger partial charge in [-0.3, -0.25) is 4.79 Å².